The highest BCUT2D eigenvalue weighted by Gasteiger charge is 2.31. The number of nitrogens with zero attached hydrogens (tertiary/aromatic N) is 3. The molecule has 0 fully saturated rings. The van der Waals surface area contributed by atoms with E-state index in [1.165, 1.54) is 25.7 Å². The van der Waals surface area contributed by atoms with Gasteiger partial charge in [0.05, 0.1) is 12.7 Å². The van der Waals surface area contributed by atoms with Crippen LogP contribution in [0.5, 0.6) is 5.75 Å². The summed E-state index contributed by atoms with van der Waals surface area (Å²) in [5.74, 6) is 4.42. The quantitative estimate of drug-likeness (QED) is 0.383. The number of ether oxygens (including phenoxy) is 1. The van der Waals surface area contributed by atoms with Crippen molar-refractivity contribution in [2.24, 2.45) is 5.84 Å². The Morgan fingerprint density at radius 3 is 2.74 bits per heavy atom. The van der Waals surface area contributed by atoms with E-state index in [0.29, 0.717) is 0 Å². The summed E-state index contributed by atoms with van der Waals surface area (Å²) in [6.45, 7) is 0. The highest BCUT2D eigenvalue weighted by Crippen LogP contribution is 2.34. The number of nitrogens with one attached hydrogen (secondary N) is 1. The molecule has 2 rings (SSSR count). The van der Waals surface area contributed by atoms with Gasteiger partial charge in [-0.25, -0.2) is 15.5 Å². The van der Waals surface area contributed by atoms with Crippen molar-refractivity contribution in [3.05, 3.63) is 36.2 Å². The molecule has 1 aromatic carbocycles. The molecule has 1 heterocycles. The smallest absolute Gasteiger partial charge is 0.416 e. The first-order chi connectivity index (χ1) is 10.8. The molecule has 1 amide bonds. The van der Waals surface area contributed by atoms with Crippen molar-refractivity contribution in [1.82, 2.24) is 20.2 Å². The zero-order chi connectivity index (χ0) is 17.0. The van der Waals surface area contributed by atoms with Gasteiger partial charge in [-0.1, -0.05) is 0 Å². The summed E-state index contributed by atoms with van der Waals surface area (Å²) < 4.78 is 44.7. The number of hydrazine groups is 1. The number of alkyl halides is 3. The number of carbonyl (C=O) groups is 1. The maximum atomic E-state index is 12.9. The Bertz CT molecular complexity index is 739. The number of carbonyl (C=O) groups excluding carboxylic acids is 1. The van der Waals surface area contributed by atoms with Crippen LogP contribution in [0.3, 0.4) is 0 Å². The number of benzene rings is 1. The Labute approximate surface area is 128 Å². The summed E-state index contributed by atoms with van der Waals surface area (Å²) in [6, 6.07) is 3.18. The highest BCUT2D eigenvalue weighted by atomic mass is 19.4. The third kappa shape index (κ3) is 4.07. The summed E-state index contributed by atoms with van der Waals surface area (Å²) in [6.07, 6.45) is -0.942. The number of nitrogens with two attached hydrogens (primary N) is 1. The fourth-order valence-electron chi connectivity index (χ4n) is 1.68. The van der Waals surface area contributed by atoms with Crippen LogP contribution in [0.15, 0.2) is 30.6 Å². The normalized spacial score (nSPS) is 11.7. The largest absolute Gasteiger partial charge is 0.497 e. The standard InChI is InChI=1S/C13H12F3N5O2/c1-23-10-5-8(4-9(6-10)13(14,15)16)12-18-7-21(20-12)3-2-11(22)19-17/h2-7H,17H2,1H3,(H,19,22). The number of halogens is 3. The molecule has 2 aromatic rings. The van der Waals surface area contributed by atoms with Crippen molar-refractivity contribution in [1.29, 1.82) is 0 Å². The maximum Gasteiger partial charge on any atom is 0.416 e. The van der Waals surface area contributed by atoms with Gasteiger partial charge in [0.25, 0.3) is 5.91 Å². The zero-order valence-corrected chi connectivity index (χ0v) is 11.8. The van der Waals surface area contributed by atoms with Gasteiger partial charge in [-0.15, -0.1) is 5.10 Å². The fraction of sp³-hybridized carbons (Fsp3) is 0.154. The van der Waals surface area contributed by atoms with Crippen LogP contribution in [0.2, 0.25) is 0 Å². The summed E-state index contributed by atoms with van der Waals surface area (Å²) >= 11 is 0. The summed E-state index contributed by atoms with van der Waals surface area (Å²) in [5.41, 5.74) is 1.14. The van der Waals surface area contributed by atoms with Crippen molar-refractivity contribution < 1.29 is 22.7 Å². The van der Waals surface area contributed by atoms with E-state index in [0.717, 1.165) is 22.9 Å². The molecule has 0 spiro atoms. The Morgan fingerprint density at radius 2 is 2.13 bits per heavy atom. The van der Waals surface area contributed by atoms with Gasteiger partial charge in [0.15, 0.2) is 5.82 Å². The predicted octanol–water partition coefficient (Wildman–Crippen LogP) is 1.43. The predicted molar refractivity (Wildman–Crippen MR) is 74.7 cm³/mol. The second-order valence-electron chi connectivity index (χ2n) is 4.32. The molecule has 122 valence electrons. The molecule has 0 bridgehead atoms. The molecule has 0 saturated heterocycles. The van der Waals surface area contributed by atoms with Crippen LogP contribution >= 0.6 is 0 Å². The lowest BCUT2D eigenvalue weighted by molar-refractivity contribution is -0.137. The Balaban J connectivity index is 2.37. The van der Waals surface area contributed by atoms with Crippen LogP contribution in [-0.4, -0.2) is 27.8 Å². The maximum absolute atomic E-state index is 12.9. The van der Waals surface area contributed by atoms with E-state index in [2.05, 4.69) is 10.1 Å². The minimum atomic E-state index is -4.52. The third-order valence-electron chi connectivity index (χ3n) is 2.76. The van der Waals surface area contributed by atoms with E-state index in [1.54, 1.807) is 0 Å². The molecule has 23 heavy (non-hydrogen) atoms. The zero-order valence-electron chi connectivity index (χ0n) is 11.8. The van der Waals surface area contributed by atoms with Gasteiger partial charge in [-0.3, -0.25) is 10.2 Å². The summed E-state index contributed by atoms with van der Waals surface area (Å²) in [5, 5.41) is 3.96. The van der Waals surface area contributed by atoms with Gasteiger partial charge in [0, 0.05) is 17.8 Å². The van der Waals surface area contributed by atoms with E-state index in [-0.39, 0.29) is 17.1 Å². The van der Waals surface area contributed by atoms with Crippen LogP contribution in [0.1, 0.15) is 5.56 Å². The van der Waals surface area contributed by atoms with Crippen molar-refractivity contribution in [3.63, 3.8) is 0 Å². The molecule has 10 heteroatoms. The fourth-order valence-corrected chi connectivity index (χ4v) is 1.68. The molecule has 0 aliphatic carbocycles. The molecule has 0 aliphatic rings. The molecule has 0 unspecified atom stereocenters. The van der Waals surface area contributed by atoms with Crippen molar-refractivity contribution >= 4 is 12.1 Å². The van der Waals surface area contributed by atoms with Crippen LogP contribution in [0.4, 0.5) is 13.2 Å². The van der Waals surface area contributed by atoms with Crippen LogP contribution in [0.25, 0.3) is 17.6 Å². The Hall–Kier alpha value is -2.88. The third-order valence-corrected chi connectivity index (χ3v) is 2.76. The molecule has 1 aromatic heterocycles. The number of rotatable bonds is 4. The van der Waals surface area contributed by atoms with Gasteiger partial charge in [0.1, 0.15) is 12.1 Å². The molecule has 0 aliphatic heterocycles. The second-order valence-corrected chi connectivity index (χ2v) is 4.32. The van der Waals surface area contributed by atoms with Gasteiger partial charge < -0.3 is 4.74 Å². The monoisotopic (exact) mass is 327 g/mol. The van der Waals surface area contributed by atoms with E-state index < -0.39 is 17.6 Å². The highest BCUT2D eigenvalue weighted by molar-refractivity contribution is 5.89. The van der Waals surface area contributed by atoms with Gasteiger partial charge >= 0.3 is 6.18 Å². The van der Waals surface area contributed by atoms with Crippen LogP contribution in [0, 0.1) is 0 Å². The number of hydrogen-bond acceptors (Lipinski definition) is 5. The Kier molecular flexibility index (Phi) is 4.65. The lowest BCUT2D eigenvalue weighted by atomic mass is 10.1. The SMILES string of the molecule is COc1cc(-c2ncn(C=CC(=O)NN)n2)cc(C(F)(F)F)c1. The van der Waals surface area contributed by atoms with Crippen LogP contribution < -0.4 is 16.0 Å². The van der Waals surface area contributed by atoms with E-state index >= 15 is 0 Å². The lowest BCUT2D eigenvalue weighted by Gasteiger charge is -2.10. The van der Waals surface area contributed by atoms with E-state index in [4.69, 9.17) is 10.6 Å². The van der Waals surface area contributed by atoms with Crippen LogP contribution in [-0.2, 0) is 11.0 Å². The van der Waals surface area contributed by atoms with Crippen molar-refractivity contribution in [2.45, 2.75) is 6.18 Å². The number of methoxy groups -OCH3 is 1. The molecular weight excluding hydrogens is 315 g/mol. The number of hydrogen-bond donors (Lipinski definition) is 2. The average Bonchev–Trinajstić information content (AvgIpc) is 3.00. The topological polar surface area (TPSA) is 95.1 Å². The molecule has 0 radical (unpaired) electrons. The number of amides is 1. The van der Waals surface area contributed by atoms with Crippen molar-refractivity contribution in [3.8, 4) is 17.1 Å². The molecule has 0 atom stereocenters. The molecule has 0 saturated carbocycles. The minimum Gasteiger partial charge on any atom is -0.497 e. The van der Waals surface area contributed by atoms with E-state index in [9.17, 15) is 18.0 Å². The first kappa shape index (κ1) is 16.5. The van der Waals surface area contributed by atoms with Crippen molar-refractivity contribution in [2.75, 3.05) is 7.11 Å². The molecular formula is C13H12F3N5O2. The number of aromatic nitrogens is 3. The summed E-state index contributed by atoms with van der Waals surface area (Å²) in [7, 11) is 1.26. The minimum absolute atomic E-state index is 0.0317. The summed E-state index contributed by atoms with van der Waals surface area (Å²) in [4.78, 5) is 14.9. The lowest BCUT2D eigenvalue weighted by Crippen LogP contribution is -2.28. The average molecular weight is 327 g/mol. The first-order valence-corrected chi connectivity index (χ1v) is 6.20. The van der Waals surface area contributed by atoms with Gasteiger partial charge in [0.2, 0.25) is 0 Å². The molecule has 3 N–H and O–H groups in total. The first-order valence-electron chi connectivity index (χ1n) is 6.20. The van der Waals surface area contributed by atoms with E-state index in [1.807, 2.05) is 5.43 Å². The second kappa shape index (κ2) is 6.48. The van der Waals surface area contributed by atoms with Gasteiger partial charge in [-0.2, -0.15) is 13.2 Å². The Morgan fingerprint density at radius 1 is 1.39 bits per heavy atom. The molecule has 7 nitrogen and oxygen atoms in total. The van der Waals surface area contributed by atoms with Gasteiger partial charge in [-0.05, 0) is 18.2 Å².